The molecule has 2 unspecified atom stereocenters. The van der Waals surface area contributed by atoms with E-state index in [0.29, 0.717) is 19.4 Å². The second-order valence-corrected chi connectivity index (χ2v) is 10.0. The van der Waals surface area contributed by atoms with Gasteiger partial charge in [0, 0.05) is 11.5 Å². The molecule has 5 heteroatoms. The fraction of sp³-hybridized carbons (Fsp3) is 0.739. The van der Waals surface area contributed by atoms with E-state index in [1.807, 2.05) is 6.08 Å². The summed E-state index contributed by atoms with van der Waals surface area (Å²) in [5.41, 5.74) is 0.520. The summed E-state index contributed by atoms with van der Waals surface area (Å²) in [6, 6.07) is 0. The van der Waals surface area contributed by atoms with Gasteiger partial charge in [0.25, 0.3) is 0 Å². The number of hydrogen-bond donors (Lipinski definition) is 2. The van der Waals surface area contributed by atoms with Gasteiger partial charge in [0.15, 0.2) is 0 Å². The topological polar surface area (TPSA) is 83.8 Å². The van der Waals surface area contributed by atoms with E-state index in [2.05, 4.69) is 6.92 Å². The molecule has 28 heavy (non-hydrogen) atoms. The molecule has 2 N–H and O–H groups in total. The third-order valence-electron chi connectivity index (χ3n) is 9.22. The number of rotatable bonds is 2. The molecule has 3 fully saturated rings. The van der Waals surface area contributed by atoms with Crippen molar-refractivity contribution in [3.8, 4) is 0 Å². The number of fused-ring (bicyclic) bond motifs is 5. The van der Waals surface area contributed by atoms with Crippen molar-refractivity contribution in [2.45, 2.75) is 70.0 Å². The van der Waals surface area contributed by atoms with Gasteiger partial charge < -0.3 is 19.7 Å². The van der Waals surface area contributed by atoms with E-state index in [4.69, 9.17) is 4.74 Å². The van der Waals surface area contributed by atoms with Crippen LogP contribution in [0, 0.1) is 28.6 Å². The van der Waals surface area contributed by atoms with Crippen LogP contribution in [-0.4, -0.2) is 40.8 Å². The highest BCUT2D eigenvalue weighted by molar-refractivity contribution is 5.85. The van der Waals surface area contributed by atoms with Gasteiger partial charge in [-0.3, -0.25) is 0 Å². The van der Waals surface area contributed by atoms with Crippen molar-refractivity contribution in [3.05, 3.63) is 23.3 Å². The van der Waals surface area contributed by atoms with Gasteiger partial charge in [0.1, 0.15) is 12.9 Å². The highest BCUT2D eigenvalue weighted by Crippen LogP contribution is 2.69. The van der Waals surface area contributed by atoms with Crippen molar-refractivity contribution in [1.29, 1.82) is 0 Å². The number of aldehydes is 1. The Morgan fingerprint density at radius 3 is 2.68 bits per heavy atom. The van der Waals surface area contributed by atoms with Crippen LogP contribution >= 0.6 is 0 Å². The largest absolute Gasteiger partial charge is 0.458 e. The molecule has 1 heterocycles. The van der Waals surface area contributed by atoms with Crippen LogP contribution in [0.2, 0.25) is 0 Å². The fourth-order valence-corrected chi connectivity index (χ4v) is 7.79. The molecule has 0 saturated heterocycles. The lowest BCUT2D eigenvalue weighted by Gasteiger charge is -2.61. The lowest BCUT2D eigenvalue weighted by Crippen LogP contribution is -2.61. The van der Waals surface area contributed by atoms with Gasteiger partial charge in [-0.2, -0.15) is 0 Å². The van der Waals surface area contributed by atoms with E-state index in [9.17, 15) is 19.8 Å². The predicted octanol–water partition coefficient (Wildman–Crippen LogP) is 2.70. The molecule has 0 bridgehead atoms. The number of carbonyl (C=O) groups excluding carboxylic acids is 2. The van der Waals surface area contributed by atoms with Crippen LogP contribution in [0.15, 0.2) is 23.3 Å². The lowest BCUT2D eigenvalue weighted by molar-refractivity contribution is -0.183. The van der Waals surface area contributed by atoms with E-state index in [1.165, 1.54) is 0 Å². The summed E-state index contributed by atoms with van der Waals surface area (Å²) >= 11 is 0. The third kappa shape index (κ3) is 2.20. The third-order valence-corrected chi connectivity index (χ3v) is 9.22. The number of allylic oxidation sites excluding steroid dienone is 1. The second kappa shape index (κ2) is 6.02. The maximum Gasteiger partial charge on any atom is 0.331 e. The number of esters is 1. The van der Waals surface area contributed by atoms with E-state index >= 15 is 0 Å². The summed E-state index contributed by atoms with van der Waals surface area (Å²) < 4.78 is 5.17. The first-order chi connectivity index (χ1) is 13.3. The van der Waals surface area contributed by atoms with Crippen molar-refractivity contribution in [2.24, 2.45) is 28.6 Å². The standard InChI is InChI=1S/C23H30O5/c1-21-7-5-18-19(3-2-15-11-16(25)4-8-22(15,18)13-24)23(21,27)9-6-17(21)14-10-20(26)28-12-14/h10-11,13,16-19,25,27H,2-9,12H2,1H3/t16-,17+,18?,19?,21+,22+,23-/m0/s1. The quantitative estimate of drug-likeness (QED) is 0.433. The van der Waals surface area contributed by atoms with Crippen molar-refractivity contribution >= 4 is 12.3 Å². The zero-order valence-electron chi connectivity index (χ0n) is 16.5. The van der Waals surface area contributed by atoms with Crippen LogP contribution < -0.4 is 0 Å². The molecule has 1 aliphatic heterocycles. The number of ether oxygens (including phenoxy) is 1. The normalized spacial score (nSPS) is 50.0. The summed E-state index contributed by atoms with van der Waals surface area (Å²) in [7, 11) is 0. The first-order valence-electron chi connectivity index (χ1n) is 10.8. The molecule has 3 saturated carbocycles. The minimum Gasteiger partial charge on any atom is -0.458 e. The zero-order chi connectivity index (χ0) is 19.7. The number of hydrogen-bond acceptors (Lipinski definition) is 5. The molecule has 0 spiro atoms. The Bertz CT molecular complexity index is 784. The van der Waals surface area contributed by atoms with Gasteiger partial charge in [0.2, 0.25) is 0 Å². The molecule has 0 amide bonds. The van der Waals surface area contributed by atoms with Crippen LogP contribution in [0.4, 0.5) is 0 Å². The van der Waals surface area contributed by atoms with Crippen molar-refractivity contribution in [1.82, 2.24) is 0 Å². The van der Waals surface area contributed by atoms with Crippen LogP contribution in [0.25, 0.3) is 0 Å². The Morgan fingerprint density at radius 1 is 1.14 bits per heavy atom. The minimum atomic E-state index is -0.815. The summed E-state index contributed by atoms with van der Waals surface area (Å²) in [6.45, 7) is 2.54. The molecule has 4 aliphatic carbocycles. The van der Waals surface area contributed by atoms with Gasteiger partial charge in [-0.05, 0) is 74.7 Å². The average Bonchev–Trinajstić information content (AvgIpc) is 3.22. The van der Waals surface area contributed by atoms with Crippen molar-refractivity contribution in [2.75, 3.05) is 6.61 Å². The minimum absolute atomic E-state index is 0.0902. The predicted molar refractivity (Wildman–Crippen MR) is 102 cm³/mol. The van der Waals surface area contributed by atoms with Crippen molar-refractivity contribution < 1.29 is 24.5 Å². The molecule has 7 atom stereocenters. The summed E-state index contributed by atoms with van der Waals surface area (Å²) in [6.07, 6.45) is 10.5. The van der Waals surface area contributed by atoms with Gasteiger partial charge in [-0.1, -0.05) is 18.6 Å². The highest BCUT2D eigenvalue weighted by atomic mass is 16.5. The molecule has 5 nitrogen and oxygen atoms in total. The SMILES string of the molecule is C[C@]12CCC3C(CCC4=C[C@@H](O)CC[C@@]43C=O)[C@@]1(O)CC[C@@H]2C1=CC(=O)OC1. The zero-order valence-corrected chi connectivity index (χ0v) is 16.5. The smallest absolute Gasteiger partial charge is 0.331 e. The van der Waals surface area contributed by atoms with E-state index in [0.717, 1.165) is 56.0 Å². The van der Waals surface area contributed by atoms with Crippen LogP contribution in [0.1, 0.15) is 58.3 Å². The molecule has 0 radical (unpaired) electrons. The van der Waals surface area contributed by atoms with Gasteiger partial charge in [0.05, 0.1) is 17.1 Å². The first kappa shape index (κ1) is 18.6. The molecular formula is C23H30O5. The summed E-state index contributed by atoms with van der Waals surface area (Å²) in [5, 5.41) is 22.2. The van der Waals surface area contributed by atoms with E-state index in [-0.39, 0.29) is 29.1 Å². The lowest BCUT2D eigenvalue weighted by atomic mass is 9.45. The monoisotopic (exact) mass is 386 g/mol. The van der Waals surface area contributed by atoms with Crippen LogP contribution in [0.5, 0.6) is 0 Å². The van der Waals surface area contributed by atoms with E-state index in [1.54, 1.807) is 6.08 Å². The molecule has 5 rings (SSSR count). The van der Waals surface area contributed by atoms with E-state index < -0.39 is 17.1 Å². The first-order valence-corrected chi connectivity index (χ1v) is 10.8. The fourth-order valence-electron chi connectivity index (χ4n) is 7.79. The Kier molecular flexibility index (Phi) is 3.99. The number of aliphatic hydroxyl groups excluding tert-OH is 1. The number of cyclic esters (lactones) is 1. The molecule has 0 aromatic heterocycles. The molecule has 0 aromatic carbocycles. The second-order valence-electron chi connectivity index (χ2n) is 10.0. The Morgan fingerprint density at radius 2 is 1.96 bits per heavy atom. The Balaban J connectivity index is 1.52. The Hall–Kier alpha value is -1.46. The molecule has 5 aliphatic rings. The van der Waals surface area contributed by atoms with Crippen molar-refractivity contribution in [3.63, 3.8) is 0 Å². The Labute approximate surface area is 165 Å². The van der Waals surface area contributed by atoms with Crippen LogP contribution in [-0.2, 0) is 14.3 Å². The van der Waals surface area contributed by atoms with Gasteiger partial charge >= 0.3 is 5.97 Å². The highest BCUT2D eigenvalue weighted by Gasteiger charge is 2.67. The van der Waals surface area contributed by atoms with Gasteiger partial charge in [-0.25, -0.2) is 4.79 Å². The maximum absolute atomic E-state index is 12.4. The molecule has 0 aromatic rings. The van der Waals surface area contributed by atoms with Gasteiger partial charge in [-0.15, -0.1) is 0 Å². The average molecular weight is 386 g/mol. The summed E-state index contributed by atoms with van der Waals surface area (Å²) in [4.78, 5) is 24.0. The molecular weight excluding hydrogens is 356 g/mol. The maximum atomic E-state index is 12.4. The summed E-state index contributed by atoms with van der Waals surface area (Å²) in [5.74, 6) is 0.135. The number of aliphatic hydroxyl groups is 2. The molecule has 152 valence electrons. The number of carbonyl (C=O) groups is 2. The van der Waals surface area contributed by atoms with Crippen LogP contribution in [0.3, 0.4) is 0 Å².